The summed E-state index contributed by atoms with van der Waals surface area (Å²) in [4.78, 5) is 13.1. The number of nitrogens with zero attached hydrogens (tertiary/aromatic N) is 4. The second-order valence-electron chi connectivity index (χ2n) is 8.87. The number of hydrogen-bond donors (Lipinski definition) is 3. The Morgan fingerprint density at radius 2 is 1.97 bits per heavy atom. The summed E-state index contributed by atoms with van der Waals surface area (Å²) in [7, 11) is 3.67. The number of amides is 1. The van der Waals surface area contributed by atoms with Gasteiger partial charge in [-0.3, -0.25) is 14.5 Å². The molecule has 8 nitrogen and oxygen atoms in total. The first-order valence-corrected chi connectivity index (χ1v) is 11.8. The number of aryl methyl sites for hydroxylation is 2. The lowest BCUT2D eigenvalue weighted by atomic mass is 9.85. The number of hydrazine groups is 1. The van der Waals surface area contributed by atoms with Gasteiger partial charge >= 0.3 is 0 Å². The van der Waals surface area contributed by atoms with Gasteiger partial charge in [-0.2, -0.15) is 10.4 Å². The van der Waals surface area contributed by atoms with Crippen LogP contribution in [0.25, 0.3) is 5.70 Å². The van der Waals surface area contributed by atoms with Crippen molar-refractivity contribution in [3.8, 4) is 6.07 Å². The third-order valence-electron chi connectivity index (χ3n) is 5.94. The van der Waals surface area contributed by atoms with Crippen LogP contribution in [0, 0.1) is 25.2 Å². The first kappa shape index (κ1) is 26.0. The molecule has 0 spiro atoms. The lowest BCUT2D eigenvalue weighted by Gasteiger charge is -2.23. The second kappa shape index (κ2) is 10.3. The predicted octanol–water partition coefficient (Wildman–Crippen LogP) is 4.75. The van der Waals surface area contributed by atoms with Crippen LogP contribution >= 0.6 is 15.9 Å². The standard InChI is InChI=1S/C26H30BrN7O/c1-16-7-8-21(32-25(35)18-9-19(11-20(27)10-18)26(3,4)15-28)12-24(16)34(30-5)14-23(29)22-13-31-33(6)17(22)2/h7-14,30H,29H2,1-6H3,(H,32,35)/b23-14-. The Hall–Kier alpha value is -3.61. The van der Waals surface area contributed by atoms with Gasteiger partial charge in [0.1, 0.15) is 0 Å². The van der Waals surface area contributed by atoms with Gasteiger partial charge in [0.25, 0.3) is 5.91 Å². The van der Waals surface area contributed by atoms with Crippen molar-refractivity contribution in [2.45, 2.75) is 33.1 Å². The van der Waals surface area contributed by atoms with Crippen LogP contribution < -0.4 is 21.5 Å². The SMILES string of the molecule is CNN(/C=C(\N)c1cnn(C)c1C)c1cc(NC(=O)c2cc(Br)cc(C(C)(C)C#N)c2)ccc1C. The molecule has 2 aromatic carbocycles. The van der Waals surface area contributed by atoms with Gasteiger partial charge in [0, 0.05) is 47.3 Å². The fourth-order valence-corrected chi connectivity index (χ4v) is 4.03. The molecule has 0 saturated carbocycles. The third kappa shape index (κ3) is 5.73. The van der Waals surface area contributed by atoms with Crippen molar-refractivity contribution in [3.63, 3.8) is 0 Å². The molecule has 182 valence electrons. The quantitative estimate of drug-likeness (QED) is 0.376. The van der Waals surface area contributed by atoms with Crippen molar-refractivity contribution in [2.24, 2.45) is 12.8 Å². The maximum Gasteiger partial charge on any atom is 0.255 e. The monoisotopic (exact) mass is 535 g/mol. The first-order valence-electron chi connectivity index (χ1n) is 11.0. The molecule has 0 fully saturated rings. The van der Waals surface area contributed by atoms with E-state index in [1.165, 1.54) is 0 Å². The highest BCUT2D eigenvalue weighted by atomic mass is 79.9. The van der Waals surface area contributed by atoms with Gasteiger partial charge in [0.05, 0.1) is 29.1 Å². The molecular formula is C26H30BrN7O. The number of halogens is 1. The molecule has 1 amide bonds. The number of rotatable bonds is 7. The van der Waals surface area contributed by atoms with Crippen molar-refractivity contribution in [3.05, 3.63) is 81.2 Å². The average Bonchev–Trinajstić information content (AvgIpc) is 3.16. The topological polar surface area (TPSA) is 112 Å². The van der Waals surface area contributed by atoms with E-state index in [9.17, 15) is 10.1 Å². The minimum Gasteiger partial charge on any atom is -0.397 e. The average molecular weight is 536 g/mol. The summed E-state index contributed by atoms with van der Waals surface area (Å²) in [5.41, 5.74) is 14.8. The van der Waals surface area contributed by atoms with Crippen molar-refractivity contribution in [1.82, 2.24) is 15.2 Å². The molecule has 0 aliphatic rings. The number of hydrogen-bond acceptors (Lipinski definition) is 6. The summed E-state index contributed by atoms with van der Waals surface area (Å²) in [6, 6.07) is 13.3. The minimum absolute atomic E-state index is 0.270. The van der Waals surface area contributed by atoms with Gasteiger partial charge in [0.2, 0.25) is 0 Å². The Kier molecular flexibility index (Phi) is 7.68. The van der Waals surface area contributed by atoms with E-state index >= 15 is 0 Å². The van der Waals surface area contributed by atoms with Crippen LogP contribution in [0.5, 0.6) is 0 Å². The Balaban J connectivity index is 1.91. The summed E-state index contributed by atoms with van der Waals surface area (Å²) in [5, 5.41) is 18.5. The maximum absolute atomic E-state index is 13.1. The highest BCUT2D eigenvalue weighted by molar-refractivity contribution is 9.10. The number of benzene rings is 2. The normalized spacial score (nSPS) is 11.8. The molecule has 35 heavy (non-hydrogen) atoms. The maximum atomic E-state index is 13.1. The molecule has 0 aliphatic carbocycles. The first-order chi connectivity index (χ1) is 16.5. The predicted molar refractivity (Wildman–Crippen MR) is 144 cm³/mol. The summed E-state index contributed by atoms with van der Waals surface area (Å²) < 4.78 is 2.51. The largest absolute Gasteiger partial charge is 0.397 e. The molecule has 0 aliphatic heterocycles. The summed E-state index contributed by atoms with van der Waals surface area (Å²) >= 11 is 3.46. The molecule has 4 N–H and O–H groups in total. The summed E-state index contributed by atoms with van der Waals surface area (Å²) in [6.07, 6.45) is 3.53. The number of nitrogens with one attached hydrogen (secondary N) is 2. The molecule has 0 bridgehead atoms. The van der Waals surface area contributed by atoms with E-state index in [-0.39, 0.29) is 5.91 Å². The lowest BCUT2D eigenvalue weighted by molar-refractivity contribution is 0.102. The van der Waals surface area contributed by atoms with Crippen LogP contribution in [0.4, 0.5) is 11.4 Å². The van der Waals surface area contributed by atoms with E-state index in [1.807, 2.05) is 59.0 Å². The van der Waals surface area contributed by atoms with Crippen molar-refractivity contribution >= 4 is 38.9 Å². The van der Waals surface area contributed by atoms with Gasteiger partial charge in [-0.1, -0.05) is 22.0 Å². The number of carbonyl (C=O) groups excluding carboxylic acids is 1. The number of anilines is 2. The third-order valence-corrected chi connectivity index (χ3v) is 6.40. The molecule has 3 rings (SSSR count). The van der Waals surface area contributed by atoms with Gasteiger partial charge in [0.15, 0.2) is 0 Å². The summed E-state index contributed by atoms with van der Waals surface area (Å²) in [6.45, 7) is 7.58. The molecule has 0 saturated heterocycles. The highest BCUT2D eigenvalue weighted by Gasteiger charge is 2.22. The molecule has 9 heteroatoms. The van der Waals surface area contributed by atoms with E-state index in [0.29, 0.717) is 16.9 Å². The van der Waals surface area contributed by atoms with Crippen LogP contribution in [0.3, 0.4) is 0 Å². The fraction of sp³-hybridized carbons (Fsp3) is 0.269. The lowest BCUT2D eigenvalue weighted by Crippen LogP contribution is -2.31. The molecule has 0 radical (unpaired) electrons. The van der Waals surface area contributed by atoms with E-state index < -0.39 is 5.41 Å². The van der Waals surface area contributed by atoms with Crippen LogP contribution in [-0.4, -0.2) is 22.7 Å². The van der Waals surface area contributed by atoms with Crippen molar-refractivity contribution in [1.29, 1.82) is 5.26 Å². The minimum atomic E-state index is -0.720. The van der Waals surface area contributed by atoms with Crippen molar-refractivity contribution < 1.29 is 4.79 Å². The second-order valence-corrected chi connectivity index (χ2v) is 9.78. The zero-order chi connectivity index (χ0) is 25.9. The van der Waals surface area contributed by atoms with Gasteiger partial charge in [-0.05, 0) is 69.2 Å². The smallest absolute Gasteiger partial charge is 0.255 e. The Labute approximate surface area is 214 Å². The number of nitriles is 1. The molecule has 1 aromatic heterocycles. The van der Waals surface area contributed by atoms with Gasteiger partial charge in [-0.25, -0.2) is 5.43 Å². The highest BCUT2D eigenvalue weighted by Crippen LogP contribution is 2.29. The molecule has 1 heterocycles. The molecule has 0 unspecified atom stereocenters. The molecule has 3 aromatic rings. The van der Waals surface area contributed by atoms with Crippen LogP contribution in [0.2, 0.25) is 0 Å². The van der Waals surface area contributed by atoms with Crippen LogP contribution in [-0.2, 0) is 12.5 Å². The van der Waals surface area contributed by atoms with Crippen LogP contribution in [0.15, 0.2) is 53.3 Å². The number of aromatic nitrogens is 2. The van der Waals surface area contributed by atoms with Gasteiger partial charge < -0.3 is 11.1 Å². The molecule has 0 atom stereocenters. The zero-order valence-electron chi connectivity index (χ0n) is 20.8. The van der Waals surface area contributed by atoms with Crippen molar-refractivity contribution in [2.75, 3.05) is 17.4 Å². The Morgan fingerprint density at radius 1 is 1.26 bits per heavy atom. The van der Waals surface area contributed by atoms with Gasteiger partial charge in [-0.15, -0.1) is 0 Å². The zero-order valence-corrected chi connectivity index (χ0v) is 22.4. The number of nitrogens with two attached hydrogens (primary N) is 1. The number of carbonyl (C=O) groups is 1. The molecular weight excluding hydrogens is 506 g/mol. The summed E-state index contributed by atoms with van der Waals surface area (Å²) in [5.74, 6) is -0.270. The van der Waals surface area contributed by atoms with Crippen LogP contribution in [0.1, 0.15) is 46.6 Å². The van der Waals surface area contributed by atoms with E-state index in [2.05, 4.69) is 37.8 Å². The Bertz CT molecular complexity index is 1330. The van der Waals surface area contributed by atoms with E-state index in [4.69, 9.17) is 5.73 Å². The Morgan fingerprint density at radius 3 is 2.57 bits per heavy atom. The fourth-order valence-electron chi connectivity index (χ4n) is 3.54. The van der Waals surface area contributed by atoms with E-state index in [1.54, 1.807) is 41.3 Å². The van der Waals surface area contributed by atoms with E-state index in [0.717, 1.165) is 32.5 Å².